The fraction of sp³-hybridized carbons (Fsp3) is 0.174. The highest BCUT2D eigenvalue weighted by Crippen LogP contribution is 2.26. The Hall–Kier alpha value is -3.04. The topological polar surface area (TPSA) is 75.7 Å². The van der Waals surface area contributed by atoms with E-state index in [1.54, 1.807) is 36.0 Å². The van der Waals surface area contributed by atoms with Crippen molar-refractivity contribution in [2.24, 2.45) is 0 Å². The first-order valence-electron chi connectivity index (χ1n) is 9.77. The van der Waals surface area contributed by atoms with Crippen molar-refractivity contribution in [3.05, 3.63) is 84.7 Å². The van der Waals surface area contributed by atoms with E-state index < -0.39 is 28.3 Å². The van der Waals surface area contributed by atoms with Gasteiger partial charge in [0.15, 0.2) is 0 Å². The summed E-state index contributed by atoms with van der Waals surface area (Å²) in [5.74, 6) is 0.201. The van der Waals surface area contributed by atoms with Crippen LogP contribution in [0.15, 0.2) is 88.7 Å². The van der Waals surface area contributed by atoms with Crippen molar-refractivity contribution in [1.82, 2.24) is 5.32 Å². The van der Waals surface area contributed by atoms with Crippen molar-refractivity contribution in [3.63, 3.8) is 0 Å². The summed E-state index contributed by atoms with van der Waals surface area (Å²) in [6, 6.07) is 20.6. The lowest BCUT2D eigenvalue weighted by Gasteiger charge is -2.24. The van der Waals surface area contributed by atoms with E-state index in [4.69, 9.17) is 4.74 Å². The van der Waals surface area contributed by atoms with Crippen molar-refractivity contribution in [2.75, 3.05) is 30.3 Å². The van der Waals surface area contributed by atoms with E-state index in [0.29, 0.717) is 23.7 Å². The molecule has 3 aromatic carbocycles. The van der Waals surface area contributed by atoms with E-state index in [0.717, 1.165) is 21.3 Å². The summed E-state index contributed by atoms with van der Waals surface area (Å²) >= 11 is 1.59. The number of ether oxygens (including phenoxy) is 1. The molecule has 1 amide bonds. The number of anilines is 1. The molecule has 1 N–H and O–H groups in total. The number of sulfonamides is 1. The molecule has 0 aliphatic carbocycles. The number of rotatable bonds is 10. The Morgan fingerprint density at radius 1 is 1.00 bits per heavy atom. The Bertz CT molecular complexity index is 1120. The van der Waals surface area contributed by atoms with Crippen molar-refractivity contribution >= 4 is 33.4 Å². The van der Waals surface area contributed by atoms with Crippen molar-refractivity contribution < 1.29 is 22.3 Å². The lowest BCUT2D eigenvalue weighted by atomic mass is 10.3. The largest absolute Gasteiger partial charge is 0.497 e. The Morgan fingerprint density at radius 2 is 1.66 bits per heavy atom. The van der Waals surface area contributed by atoms with Gasteiger partial charge in [-0.15, -0.1) is 11.8 Å². The third-order valence-electron chi connectivity index (χ3n) is 4.49. The Morgan fingerprint density at radius 3 is 2.28 bits per heavy atom. The maximum absolute atomic E-state index is 13.3. The predicted octanol–water partition coefficient (Wildman–Crippen LogP) is 3.94. The molecule has 0 aromatic heterocycles. The normalized spacial score (nSPS) is 11.1. The minimum absolute atomic E-state index is 0.109. The van der Waals surface area contributed by atoms with Gasteiger partial charge in [-0.3, -0.25) is 9.10 Å². The van der Waals surface area contributed by atoms with E-state index in [1.165, 1.54) is 19.2 Å². The van der Waals surface area contributed by atoms with Crippen LogP contribution < -0.4 is 14.4 Å². The lowest BCUT2D eigenvalue weighted by molar-refractivity contribution is -0.119. The molecule has 0 aliphatic heterocycles. The van der Waals surface area contributed by atoms with Crippen LogP contribution in [0.1, 0.15) is 0 Å². The molecule has 6 nitrogen and oxygen atoms in total. The third kappa shape index (κ3) is 6.24. The zero-order valence-corrected chi connectivity index (χ0v) is 19.0. The van der Waals surface area contributed by atoms with Crippen LogP contribution in [0.5, 0.6) is 5.75 Å². The highest BCUT2D eigenvalue weighted by Gasteiger charge is 2.27. The second kappa shape index (κ2) is 11.0. The summed E-state index contributed by atoms with van der Waals surface area (Å²) in [6.07, 6.45) is 0. The van der Waals surface area contributed by atoms with Gasteiger partial charge in [0.1, 0.15) is 18.1 Å². The van der Waals surface area contributed by atoms with E-state index in [1.807, 2.05) is 30.3 Å². The number of halogens is 1. The van der Waals surface area contributed by atoms with E-state index in [-0.39, 0.29) is 4.90 Å². The quantitative estimate of drug-likeness (QED) is 0.356. The van der Waals surface area contributed by atoms with Gasteiger partial charge in [-0.2, -0.15) is 0 Å². The monoisotopic (exact) mass is 474 g/mol. The van der Waals surface area contributed by atoms with E-state index in [2.05, 4.69) is 5.32 Å². The molecule has 0 aliphatic rings. The molecular formula is C23H23FN2O4S2. The number of nitrogens with zero attached hydrogens (tertiary/aromatic N) is 1. The van der Waals surface area contributed by atoms with Crippen molar-refractivity contribution in [1.29, 1.82) is 0 Å². The fourth-order valence-electron chi connectivity index (χ4n) is 2.86. The van der Waals surface area contributed by atoms with E-state index >= 15 is 0 Å². The number of hydrogen-bond donors (Lipinski definition) is 1. The number of carbonyl (C=O) groups excluding carboxylic acids is 1. The van der Waals surface area contributed by atoms with Gasteiger partial charge in [-0.05, 0) is 60.7 Å². The maximum Gasteiger partial charge on any atom is 0.264 e. The number of methoxy groups -OCH3 is 1. The second-order valence-corrected chi connectivity index (χ2v) is 9.71. The van der Waals surface area contributed by atoms with Crippen LogP contribution in [0.25, 0.3) is 0 Å². The molecule has 0 fully saturated rings. The first kappa shape index (κ1) is 23.6. The molecule has 0 radical (unpaired) electrons. The molecular weight excluding hydrogens is 451 g/mol. The zero-order valence-electron chi connectivity index (χ0n) is 17.4. The summed E-state index contributed by atoms with van der Waals surface area (Å²) in [4.78, 5) is 13.6. The SMILES string of the molecule is COc1ccc(N(CC(=O)NCCSc2ccccc2)S(=O)(=O)c2ccc(F)cc2)cc1. The molecule has 3 aromatic rings. The van der Waals surface area contributed by atoms with Crippen LogP contribution >= 0.6 is 11.8 Å². The second-order valence-electron chi connectivity index (χ2n) is 6.68. The van der Waals surface area contributed by atoms with Crippen LogP contribution in [0.2, 0.25) is 0 Å². The van der Waals surface area contributed by atoms with Gasteiger partial charge in [0.25, 0.3) is 10.0 Å². The number of thioether (sulfide) groups is 1. The van der Waals surface area contributed by atoms with Gasteiger partial charge in [0.2, 0.25) is 5.91 Å². The van der Waals surface area contributed by atoms with Crippen LogP contribution in [0.3, 0.4) is 0 Å². The smallest absolute Gasteiger partial charge is 0.264 e. The van der Waals surface area contributed by atoms with Crippen LogP contribution in [-0.2, 0) is 14.8 Å². The molecule has 168 valence electrons. The number of amides is 1. The number of carbonyl (C=O) groups is 1. The molecule has 3 rings (SSSR count). The Kier molecular flexibility index (Phi) is 8.13. The number of benzene rings is 3. The molecule has 0 saturated carbocycles. The van der Waals surface area contributed by atoms with Crippen LogP contribution in [-0.4, -0.2) is 40.3 Å². The molecule has 0 unspecified atom stereocenters. The average Bonchev–Trinajstić information content (AvgIpc) is 2.81. The Balaban J connectivity index is 1.73. The summed E-state index contributed by atoms with van der Waals surface area (Å²) in [5, 5.41) is 2.76. The Labute approximate surface area is 191 Å². The standard InChI is InChI=1S/C23H23FN2O4S2/c1-30-20-11-9-19(10-12-20)26(32(28,29)22-13-7-18(24)8-14-22)17-23(27)25-15-16-31-21-5-3-2-4-6-21/h2-14H,15-17H2,1H3,(H,25,27). The highest BCUT2D eigenvalue weighted by molar-refractivity contribution is 7.99. The van der Waals surface area contributed by atoms with Crippen molar-refractivity contribution in [3.8, 4) is 5.75 Å². The lowest BCUT2D eigenvalue weighted by Crippen LogP contribution is -2.41. The van der Waals surface area contributed by atoms with Gasteiger partial charge >= 0.3 is 0 Å². The van der Waals surface area contributed by atoms with Gasteiger partial charge < -0.3 is 10.1 Å². The first-order chi connectivity index (χ1) is 15.4. The summed E-state index contributed by atoms with van der Waals surface area (Å²) in [5.41, 5.74) is 0.295. The third-order valence-corrected chi connectivity index (χ3v) is 7.29. The molecule has 0 spiro atoms. The van der Waals surface area contributed by atoms with Crippen LogP contribution in [0, 0.1) is 5.82 Å². The summed E-state index contributed by atoms with van der Waals surface area (Å²) in [6.45, 7) is -0.0342. The van der Waals surface area contributed by atoms with Crippen LogP contribution in [0.4, 0.5) is 10.1 Å². The molecule has 0 bridgehead atoms. The predicted molar refractivity (Wildman–Crippen MR) is 124 cm³/mol. The minimum atomic E-state index is -4.10. The fourth-order valence-corrected chi connectivity index (χ4v) is 5.07. The molecule has 0 atom stereocenters. The van der Waals surface area contributed by atoms with Gasteiger partial charge in [-0.25, -0.2) is 12.8 Å². The average molecular weight is 475 g/mol. The first-order valence-corrected chi connectivity index (χ1v) is 12.2. The highest BCUT2D eigenvalue weighted by atomic mass is 32.2. The summed E-state index contributed by atoms with van der Waals surface area (Å²) < 4.78 is 45.9. The van der Waals surface area contributed by atoms with Gasteiger partial charge in [-0.1, -0.05) is 18.2 Å². The molecule has 9 heteroatoms. The van der Waals surface area contributed by atoms with E-state index in [9.17, 15) is 17.6 Å². The minimum Gasteiger partial charge on any atom is -0.497 e. The zero-order chi connectivity index (χ0) is 23.0. The number of hydrogen-bond acceptors (Lipinski definition) is 5. The van der Waals surface area contributed by atoms with Gasteiger partial charge in [0, 0.05) is 17.2 Å². The van der Waals surface area contributed by atoms with Gasteiger partial charge in [0.05, 0.1) is 17.7 Å². The summed E-state index contributed by atoms with van der Waals surface area (Å²) in [7, 11) is -2.60. The molecule has 0 saturated heterocycles. The number of nitrogens with one attached hydrogen (secondary N) is 1. The molecule has 32 heavy (non-hydrogen) atoms. The molecule has 0 heterocycles. The van der Waals surface area contributed by atoms with Crippen molar-refractivity contribution in [2.45, 2.75) is 9.79 Å². The maximum atomic E-state index is 13.3.